The van der Waals surface area contributed by atoms with E-state index in [1.807, 2.05) is 17.5 Å². The van der Waals surface area contributed by atoms with Crippen LogP contribution in [-0.2, 0) is 6.54 Å². The molecule has 5 nitrogen and oxygen atoms in total. The van der Waals surface area contributed by atoms with Crippen molar-refractivity contribution in [3.63, 3.8) is 0 Å². The van der Waals surface area contributed by atoms with Crippen LogP contribution in [0.3, 0.4) is 0 Å². The molecule has 0 bridgehead atoms. The molecule has 0 saturated carbocycles. The molecule has 17 heavy (non-hydrogen) atoms. The largest absolute Gasteiger partial charge is 0.347 e. The second-order valence-electron chi connectivity index (χ2n) is 3.31. The number of aromatic nitrogens is 1. The molecule has 0 fully saturated rings. The first kappa shape index (κ1) is 11.6. The molecule has 6 heteroatoms. The van der Waals surface area contributed by atoms with E-state index in [9.17, 15) is 4.79 Å². The Morgan fingerprint density at radius 1 is 1.41 bits per heavy atom. The van der Waals surface area contributed by atoms with E-state index >= 15 is 0 Å². The van der Waals surface area contributed by atoms with Crippen LogP contribution in [0.1, 0.15) is 15.2 Å². The molecule has 88 valence electrons. The van der Waals surface area contributed by atoms with Crippen molar-refractivity contribution < 1.29 is 4.79 Å². The number of amides is 1. The fourth-order valence-electron chi connectivity index (χ4n) is 1.38. The first-order valence-electron chi connectivity index (χ1n) is 5.03. The van der Waals surface area contributed by atoms with Crippen LogP contribution in [0.15, 0.2) is 35.8 Å². The molecule has 0 saturated heterocycles. The summed E-state index contributed by atoms with van der Waals surface area (Å²) in [4.78, 5) is 16.9. The topological polar surface area (TPSA) is 80.0 Å². The van der Waals surface area contributed by atoms with Gasteiger partial charge in [-0.05, 0) is 23.6 Å². The predicted molar refractivity (Wildman–Crippen MR) is 67.5 cm³/mol. The van der Waals surface area contributed by atoms with Gasteiger partial charge in [0, 0.05) is 11.1 Å². The van der Waals surface area contributed by atoms with Crippen LogP contribution in [-0.4, -0.2) is 10.9 Å². The van der Waals surface area contributed by atoms with E-state index in [0.717, 1.165) is 4.88 Å². The van der Waals surface area contributed by atoms with Gasteiger partial charge in [0.1, 0.15) is 0 Å². The lowest BCUT2D eigenvalue weighted by molar-refractivity contribution is 0.0952. The van der Waals surface area contributed by atoms with E-state index in [2.05, 4.69) is 15.7 Å². The summed E-state index contributed by atoms with van der Waals surface area (Å²) in [6.45, 7) is 0.509. The van der Waals surface area contributed by atoms with Gasteiger partial charge in [-0.1, -0.05) is 6.07 Å². The van der Waals surface area contributed by atoms with Crippen molar-refractivity contribution in [3.8, 4) is 0 Å². The lowest BCUT2D eigenvalue weighted by Gasteiger charge is -2.07. The third kappa shape index (κ3) is 2.80. The molecule has 2 aromatic rings. The molecule has 0 aliphatic carbocycles. The molecule has 0 aliphatic rings. The molecule has 0 aromatic carbocycles. The van der Waals surface area contributed by atoms with Crippen LogP contribution in [0.5, 0.6) is 0 Å². The highest BCUT2D eigenvalue weighted by molar-refractivity contribution is 7.09. The van der Waals surface area contributed by atoms with Crippen LogP contribution in [0.2, 0.25) is 0 Å². The predicted octanol–water partition coefficient (Wildman–Crippen LogP) is 1.36. The summed E-state index contributed by atoms with van der Waals surface area (Å²) in [6, 6.07) is 7.28. The molecule has 4 N–H and O–H groups in total. The Morgan fingerprint density at radius 3 is 3.00 bits per heavy atom. The van der Waals surface area contributed by atoms with Gasteiger partial charge in [-0.15, -0.1) is 11.3 Å². The van der Waals surface area contributed by atoms with E-state index in [-0.39, 0.29) is 5.91 Å². The van der Waals surface area contributed by atoms with Crippen LogP contribution >= 0.6 is 11.3 Å². The number of nitrogen functional groups attached to an aromatic ring is 1. The van der Waals surface area contributed by atoms with Gasteiger partial charge < -0.3 is 10.7 Å². The maximum atomic E-state index is 11.9. The number of hydrazine groups is 1. The first-order valence-corrected chi connectivity index (χ1v) is 5.91. The zero-order valence-electron chi connectivity index (χ0n) is 9.01. The number of anilines is 1. The number of nitrogens with zero attached hydrogens (tertiary/aromatic N) is 1. The normalized spacial score (nSPS) is 9.94. The van der Waals surface area contributed by atoms with Crippen molar-refractivity contribution in [2.24, 2.45) is 5.84 Å². The fraction of sp³-hybridized carbons (Fsp3) is 0.0909. The van der Waals surface area contributed by atoms with Gasteiger partial charge in [0.15, 0.2) is 5.82 Å². The van der Waals surface area contributed by atoms with Gasteiger partial charge in [0.05, 0.1) is 12.1 Å². The Kier molecular flexibility index (Phi) is 3.69. The minimum Gasteiger partial charge on any atom is -0.347 e. The number of carbonyl (C=O) groups is 1. The number of rotatable bonds is 4. The molecule has 2 rings (SSSR count). The Hall–Kier alpha value is -1.92. The summed E-state index contributed by atoms with van der Waals surface area (Å²) in [5.74, 6) is 5.47. The number of nitrogens with one attached hydrogen (secondary N) is 2. The molecule has 0 aliphatic heterocycles. The van der Waals surface area contributed by atoms with Crippen molar-refractivity contribution in [2.75, 3.05) is 5.43 Å². The second-order valence-corrected chi connectivity index (χ2v) is 4.34. The number of hydrogen-bond donors (Lipinski definition) is 3. The van der Waals surface area contributed by atoms with Crippen molar-refractivity contribution in [1.82, 2.24) is 10.3 Å². The van der Waals surface area contributed by atoms with Gasteiger partial charge in [0.25, 0.3) is 5.91 Å². The van der Waals surface area contributed by atoms with Crippen LogP contribution in [0.4, 0.5) is 5.82 Å². The average molecular weight is 248 g/mol. The van der Waals surface area contributed by atoms with Gasteiger partial charge in [-0.2, -0.15) is 0 Å². The monoisotopic (exact) mass is 248 g/mol. The molecule has 0 unspecified atom stereocenters. The SMILES string of the molecule is NNc1ncccc1C(=O)NCc1cccs1. The van der Waals surface area contributed by atoms with Gasteiger partial charge in [-0.3, -0.25) is 4.79 Å². The Labute approximate surface area is 103 Å². The number of pyridine rings is 1. The standard InChI is InChI=1S/C11H12N4OS/c12-15-10-9(4-1-5-13-10)11(16)14-7-8-3-2-6-17-8/h1-6H,7,12H2,(H,13,15)(H,14,16). The molecule has 0 radical (unpaired) electrons. The summed E-state index contributed by atoms with van der Waals surface area (Å²) in [6.07, 6.45) is 1.57. The Balaban J connectivity index is 2.04. The quantitative estimate of drug-likeness (QED) is 0.564. The second kappa shape index (κ2) is 5.42. The number of thiophene rings is 1. The van der Waals surface area contributed by atoms with Crippen molar-refractivity contribution in [1.29, 1.82) is 0 Å². The molecule has 2 heterocycles. The van der Waals surface area contributed by atoms with E-state index in [1.165, 1.54) is 0 Å². The fourth-order valence-corrected chi connectivity index (χ4v) is 2.02. The van der Waals surface area contributed by atoms with Crippen LogP contribution < -0.4 is 16.6 Å². The summed E-state index contributed by atoms with van der Waals surface area (Å²) in [5, 5.41) is 4.78. The molecule has 1 amide bonds. The summed E-state index contributed by atoms with van der Waals surface area (Å²) < 4.78 is 0. The minimum atomic E-state index is -0.195. The van der Waals surface area contributed by atoms with Crippen LogP contribution in [0, 0.1) is 0 Å². The average Bonchev–Trinajstić information content (AvgIpc) is 2.89. The lowest BCUT2D eigenvalue weighted by Crippen LogP contribution is -2.24. The van der Waals surface area contributed by atoms with Crippen molar-refractivity contribution in [3.05, 3.63) is 46.3 Å². The third-order valence-corrected chi connectivity index (χ3v) is 3.07. The van der Waals surface area contributed by atoms with E-state index < -0.39 is 0 Å². The van der Waals surface area contributed by atoms with E-state index in [0.29, 0.717) is 17.9 Å². The van der Waals surface area contributed by atoms with E-state index in [1.54, 1.807) is 29.7 Å². The van der Waals surface area contributed by atoms with Crippen molar-refractivity contribution >= 4 is 23.1 Å². The zero-order chi connectivity index (χ0) is 12.1. The Bertz CT molecular complexity index is 498. The highest BCUT2D eigenvalue weighted by Crippen LogP contribution is 2.11. The minimum absolute atomic E-state index is 0.195. The summed E-state index contributed by atoms with van der Waals surface area (Å²) >= 11 is 1.60. The highest BCUT2D eigenvalue weighted by Gasteiger charge is 2.10. The number of carbonyl (C=O) groups excluding carboxylic acids is 1. The lowest BCUT2D eigenvalue weighted by atomic mass is 10.2. The first-order chi connectivity index (χ1) is 8.31. The zero-order valence-corrected chi connectivity index (χ0v) is 9.83. The molecular weight excluding hydrogens is 236 g/mol. The summed E-state index contributed by atoms with van der Waals surface area (Å²) in [5.41, 5.74) is 2.84. The molecule has 0 spiro atoms. The van der Waals surface area contributed by atoms with E-state index in [4.69, 9.17) is 5.84 Å². The van der Waals surface area contributed by atoms with Gasteiger partial charge in [0.2, 0.25) is 0 Å². The maximum Gasteiger partial charge on any atom is 0.255 e. The molecular formula is C11H12N4OS. The smallest absolute Gasteiger partial charge is 0.255 e. The van der Waals surface area contributed by atoms with Gasteiger partial charge in [-0.25, -0.2) is 10.8 Å². The van der Waals surface area contributed by atoms with Crippen molar-refractivity contribution in [2.45, 2.75) is 6.54 Å². The number of hydrogen-bond acceptors (Lipinski definition) is 5. The highest BCUT2D eigenvalue weighted by atomic mass is 32.1. The summed E-state index contributed by atoms with van der Waals surface area (Å²) in [7, 11) is 0. The van der Waals surface area contributed by atoms with Gasteiger partial charge >= 0.3 is 0 Å². The number of nitrogens with two attached hydrogens (primary N) is 1. The maximum absolute atomic E-state index is 11.9. The molecule has 2 aromatic heterocycles. The third-order valence-electron chi connectivity index (χ3n) is 2.19. The Morgan fingerprint density at radius 2 is 2.29 bits per heavy atom. The molecule has 0 atom stereocenters. The van der Waals surface area contributed by atoms with Crippen LogP contribution in [0.25, 0.3) is 0 Å².